The van der Waals surface area contributed by atoms with Gasteiger partial charge in [-0.05, 0) is 57.3 Å². The van der Waals surface area contributed by atoms with E-state index in [-0.39, 0.29) is 25.7 Å². The van der Waals surface area contributed by atoms with Crippen LogP contribution in [-0.4, -0.2) is 96.7 Å². The molecule has 518 valence electrons. The SMILES string of the molecule is CCCCCC/C=C\C=C/CCCCCCCC(=O)O[C@H](COC(=O)CCCCCCCCCCCCCCCCC)COP(=O)(O)OC[C@@H](O)COP(=O)(O)OC[C@@H](COC(=O)CCCCCCCCCCC)OC(=O)CCCCCCCCC(C)C. The van der Waals surface area contributed by atoms with Crippen LogP contribution in [0.1, 0.15) is 330 Å². The van der Waals surface area contributed by atoms with Gasteiger partial charge in [-0.1, -0.05) is 277 Å². The molecule has 2 unspecified atom stereocenters. The maximum atomic E-state index is 13.0. The number of rotatable bonds is 67. The number of aliphatic hydroxyl groups is 1. The Balaban J connectivity index is 5.26. The molecule has 17 nitrogen and oxygen atoms in total. The average Bonchev–Trinajstić information content (AvgIpc) is 3.60. The Morgan fingerprint density at radius 1 is 0.352 bits per heavy atom. The van der Waals surface area contributed by atoms with Gasteiger partial charge in [0.2, 0.25) is 0 Å². The van der Waals surface area contributed by atoms with Crippen molar-refractivity contribution in [3.05, 3.63) is 24.3 Å². The molecule has 0 amide bonds. The lowest BCUT2D eigenvalue weighted by atomic mass is 10.0. The number of unbranched alkanes of at least 4 members (excludes halogenated alkanes) is 36. The van der Waals surface area contributed by atoms with E-state index < -0.39 is 97.5 Å². The van der Waals surface area contributed by atoms with E-state index in [0.717, 1.165) is 103 Å². The van der Waals surface area contributed by atoms with Crippen LogP contribution in [0.4, 0.5) is 0 Å². The van der Waals surface area contributed by atoms with Gasteiger partial charge in [-0.15, -0.1) is 0 Å². The normalized spacial score (nSPS) is 14.3. The smallest absolute Gasteiger partial charge is 0.462 e. The molecule has 0 heterocycles. The topological polar surface area (TPSA) is 237 Å². The third-order valence-electron chi connectivity index (χ3n) is 15.4. The maximum Gasteiger partial charge on any atom is 0.472 e. The lowest BCUT2D eigenvalue weighted by Gasteiger charge is -2.21. The highest BCUT2D eigenvalue weighted by molar-refractivity contribution is 7.47. The third-order valence-corrected chi connectivity index (χ3v) is 17.3. The Labute approximate surface area is 535 Å². The van der Waals surface area contributed by atoms with Gasteiger partial charge in [0.25, 0.3) is 0 Å². The highest BCUT2D eigenvalue weighted by Gasteiger charge is 2.30. The first-order valence-corrected chi connectivity index (χ1v) is 38.4. The van der Waals surface area contributed by atoms with Gasteiger partial charge in [0.15, 0.2) is 12.2 Å². The van der Waals surface area contributed by atoms with E-state index in [1.807, 2.05) is 0 Å². The molecule has 5 atom stereocenters. The van der Waals surface area contributed by atoms with Crippen molar-refractivity contribution in [2.45, 2.75) is 348 Å². The van der Waals surface area contributed by atoms with E-state index in [1.165, 1.54) is 141 Å². The molecule has 0 radical (unpaired) electrons. The first-order valence-electron chi connectivity index (χ1n) is 35.5. The first kappa shape index (κ1) is 85.5. The fraction of sp³-hybridized carbons (Fsp3) is 0.884. The van der Waals surface area contributed by atoms with Crippen LogP contribution in [0.25, 0.3) is 0 Å². The summed E-state index contributed by atoms with van der Waals surface area (Å²) in [6, 6.07) is 0. The van der Waals surface area contributed by atoms with Gasteiger partial charge < -0.3 is 33.8 Å². The molecule has 0 saturated carbocycles. The molecule has 0 spiro atoms. The van der Waals surface area contributed by atoms with E-state index in [0.29, 0.717) is 31.6 Å². The minimum absolute atomic E-state index is 0.0854. The molecule has 0 aromatic carbocycles. The molecule has 0 aromatic rings. The third kappa shape index (κ3) is 62.4. The lowest BCUT2D eigenvalue weighted by molar-refractivity contribution is -0.161. The summed E-state index contributed by atoms with van der Waals surface area (Å²) < 4.78 is 68.1. The van der Waals surface area contributed by atoms with Crippen molar-refractivity contribution in [3.63, 3.8) is 0 Å². The summed E-state index contributed by atoms with van der Waals surface area (Å²) in [5.74, 6) is -1.49. The second kappa shape index (κ2) is 62.0. The van der Waals surface area contributed by atoms with Crippen molar-refractivity contribution in [2.75, 3.05) is 39.6 Å². The zero-order valence-electron chi connectivity index (χ0n) is 56.3. The predicted molar refractivity (Wildman–Crippen MR) is 354 cm³/mol. The number of hydrogen-bond acceptors (Lipinski definition) is 15. The zero-order valence-corrected chi connectivity index (χ0v) is 58.1. The molecule has 0 aliphatic carbocycles. The fourth-order valence-corrected chi connectivity index (χ4v) is 11.5. The van der Waals surface area contributed by atoms with Crippen molar-refractivity contribution in [2.24, 2.45) is 5.92 Å². The molecule has 0 aliphatic heterocycles. The van der Waals surface area contributed by atoms with Gasteiger partial charge in [-0.3, -0.25) is 37.3 Å². The summed E-state index contributed by atoms with van der Waals surface area (Å²) in [5.41, 5.74) is 0. The number of phosphoric ester groups is 2. The minimum atomic E-state index is -4.96. The van der Waals surface area contributed by atoms with Crippen LogP contribution in [0.2, 0.25) is 0 Å². The molecule has 19 heteroatoms. The predicted octanol–water partition coefficient (Wildman–Crippen LogP) is 19.3. The van der Waals surface area contributed by atoms with Gasteiger partial charge in [0, 0.05) is 25.7 Å². The van der Waals surface area contributed by atoms with Gasteiger partial charge in [0.1, 0.15) is 19.3 Å². The average molecular weight is 1290 g/mol. The summed E-state index contributed by atoms with van der Waals surface area (Å²) in [6.07, 6.45) is 50.9. The molecule has 0 aromatic heterocycles. The van der Waals surface area contributed by atoms with E-state index in [2.05, 4.69) is 58.9 Å². The Morgan fingerprint density at radius 3 is 0.932 bits per heavy atom. The standard InChI is InChI=1S/C69H130O17P2/c1-6-9-12-15-18-21-23-25-27-29-31-34-37-43-48-53-67(72)80-58-64(85-68(73)54-49-44-38-35-32-30-28-26-24-22-19-16-13-10-7-2)60-83-87(75,76)81-56-63(70)57-82-88(77,78)84-61-65(86-69(74)55-50-45-40-39-41-46-51-62(4)5)59-79-66(71)52-47-42-36-33-20-17-14-11-8-3/h22,24,26,28,62-65,70H,6-21,23,25,27,29-61H2,1-5H3,(H,75,76)(H,77,78)/b24-22-,28-26-/t63-,64-,65-/m1/s1. The van der Waals surface area contributed by atoms with Crippen LogP contribution in [0.15, 0.2) is 24.3 Å². The number of carbonyl (C=O) groups is 4. The number of esters is 4. The van der Waals surface area contributed by atoms with Crippen LogP contribution < -0.4 is 0 Å². The Bertz CT molecular complexity index is 1800. The van der Waals surface area contributed by atoms with Crippen LogP contribution in [-0.2, 0) is 65.4 Å². The number of ether oxygens (including phenoxy) is 4. The molecule has 0 bridgehead atoms. The van der Waals surface area contributed by atoms with Crippen LogP contribution in [0, 0.1) is 5.92 Å². The molecular weight excluding hydrogens is 1160 g/mol. The van der Waals surface area contributed by atoms with Crippen molar-refractivity contribution < 1.29 is 80.2 Å². The Kier molecular flexibility index (Phi) is 60.3. The quantitative estimate of drug-likeness (QED) is 0.0169. The van der Waals surface area contributed by atoms with Crippen LogP contribution in [0.3, 0.4) is 0 Å². The van der Waals surface area contributed by atoms with E-state index in [1.54, 1.807) is 0 Å². The molecule has 0 aliphatic rings. The number of carbonyl (C=O) groups excluding carboxylic acids is 4. The summed E-state index contributed by atoms with van der Waals surface area (Å²) in [4.78, 5) is 72.4. The number of phosphoric acid groups is 2. The summed E-state index contributed by atoms with van der Waals surface area (Å²) in [6.45, 7) is 7.06. The zero-order chi connectivity index (χ0) is 64.9. The number of hydrogen-bond donors (Lipinski definition) is 3. The van der Waals surface area contributed by atoms with Gasteiger partial charge >= 0.3 is 39.5 Å². The molecule has 0 saturated heterocycles. The van der Waals surface area contributed by atoms with Crippen molar-refractivity contribution in [3.8, 4) is 0 Å². The van der Waals surface area contributed by atoms with Gasteiger partial charge in [0.05, 0.1) is 26.4 Å². The Morgan fingerprint density at radius 2 is 0.614 bits per heavy atom. The molecular formula is C69H130O17P2. The highest BCUT2D eigenvalue weighted by atomic mass is 31.2. The number of aliphatic hydroxyl groups excluding tert-OH is 1. The molecule has 0 rings (SSSR count). The molecule has 3 N–H and O–H groups in total. The van der Waals surface area contributed by atoms with E-state index in [4.69, 9.17) is 37.0 Å². The highest BCUT2D eigenvalue weighted by Crippen LogP contribution is 2.45. The van der Waals surface area contributed by atoms with Crippen molar-refractivity contribution in [1.29, 1.82) is 0 Å². The summed E-state index contributed by atoms with van der Waals surface area (Å²) in [7, 11) is -9.91. The van der Waals surface area contributed by atoms with Crippen LogP contribution in [0.5, 0.6) is 0 Å². The molecule has 88 heavy (non-hydrogen) atoms. The summed E-state index contributed by atoms with van der Waals surface area (Å²) >= 11 is 0. The second-order valence-electron chi connectivity index (χ2n) is 24.7. The minimum Gasteiger partial charge on any atom is -0.462 e. The largest absolute Gasteiger partial charge is 0.472 e. The lowest BCUT2D eigenvalue weighted by Crippen LogP contribution is -2.30. The van der Waals surface area contributed by atoms with Crippen LogP contribution >= 0.6 is 15.6 Å². The fourth-order valence-electron chi connectivity index (χ4n) is 9.93. The van der Waals surface area contributed by atoms with E-state index in [9.17, 15) is 43.2 Å². The van der Waals surface area contributed by atoms with Gasteiger partial charge in [-0.2, -0.15) is 0 Å². The van der Waals surface area contributed by atoms with Crippen molar-refractivity contribution >= 4 is 39.5 Å². The molecule has 0 fully saturated rings. The van der Waals surface area contributed by atoms with Gasteiger partial charge in [-0.25, -0.2) is 9.13 Å². The van der Waals surface area contributed by atoms with Crippen molar-refractivity contribution in [1.82, 2.24) is 0 Å². The maximum absolute atomic E-state index is 13.0. The summed E-state index contributed by atoms with van der Waals surface area (Å²) in [5, 5.41) is 10.6. The number of allylic oxidation sites excluding steroid dienone is 4. The second-order valence-corrected chi connectivity index (χ2v) is 27.6. The first-order chi connectivity index (χ1) is 42.5. The Hall–Kier alpha value is -2.46. The monoisotopic (exact) mass is 1290 g/mol. The van der Waals surface area contributed by atoms with E-state index >= 15 is 0 Å².